The molecule has 0 fully saturated rings. The lowest BCUT2D eigenvalue weighted by molar-refractivity contribution is 0.724. The summed E-state index contributed by atoms with van der Waals surface area (Å²) in [6.07, 6.45) is 6.09. The molecule has 3 nitrogen and oxygen atoms in total. The van der Waals surface area contributed by atoms with Crippen LogP contribution in [0, 0.1) is 0 Å². The zero-order chi connectivity index (χ0) is 11.8. The van der Waals surface area contributed by atoms with Crippen molar-refractivity contribution in [3.8, 4) is 0 Å². The van der Waals surface area contributed by atoms with E-state index in [0.717, 1.165) is 29.3 Å². The number of alkyl halides is 1. The lowest BCUT2D eigenvalue weighted by Crippen LogP contribution is -2.27. The fourth-order valence-electron chi connectivity index (χ4n) is 1.41. The van der Waals surface area contributed by atoms with Crippen molar-refractivity contribution in [1.29, 1.82) is 0 Å². The van der Waals surface area contributed by atoms with E-state index < -0.39 is 0 Å². The van der Waals surface area contributed by atoms with Gasteiger partial charge in [-0.2, -0.15) is 0 Å². The molecule has 0 radical (unpaired) electrons. The van der Waals surface area contributed by atoms with Gasteiger partial charge >= 0.3 is 0 Å². The number of anilines is 1. The molecule has 0 saturated heterocycles. The van der Waals surface area contributed by atoms with Gasteiger partial charge in [0.25, 0.3) is 0 Å². The van der Waals surface area contributed by atoms with Gasteiger partial charge in [0.05, 0.1) is 0 Å². The molecule has 1 aromatic rings. The van der Waals surface area contributed by atoms with Crippen molar-refractivity contribution < 1.29 is 0 Å². The maximum Gasteiger partial charge on any atom is 0.133 e. The molecule has 0 aliphatic heterocycles. The molecule has 90 valence electrons. The Bertz CT molecular complexity index is 309. The number of hydrogen-bond acceptors (Lipinski definition) is 4. The standard InChI is InChI=1S/C11H18BrN3S/c1-3-4-6-15(7-5-12)10-8-11(16-2)14-9-13-10/h8-9H,3-7H2,1-2H3. The van der Waals surface area contributed by atoms with Crippen molar-refractivity contribution in [1.82, 2.24) is 9.97 Å². The Kier molecular flexibility index (Phi) is 6.80. The van der Waals surface area contributed by atoms with Crippen LogP contribution in [0.5, 0.6) is 0 Å². The van der Waals surface area contributed by atoms with E-state index in [1.54, 1.807) is 18.1 Å². The molecule has 16 heavy (non-hydrogen) atoms. The van der Waals surface area contributed by atoms with E-state index in [4.69, 9.17) is 0 Å². The number of unbranched alkanes of at least 4 members (excludes halogenated alkanes) is 1. The predicted molar refractivity (Wildman–Crippen MR) is 74.7 cm³/mol. The largest absolute Gasteiger partial charge is 0.356 e. The monoisotopic (exact) mass is 303 g/mol. The van der Waals surface area contributed by atoms with Crippen LogP contribution in [0.25, 0.3) is 0 Å². The molecule has 0 amide bonds. The van der Waals surface area contributed by atoms with E-state index in [-0.39, 0.29) is 0 Å². The molecule has 0 aliphatic carbocycles. The average molecular weight is 304 g/mol. The first-order valence-corrected chi connectivity index (χ1v) is 7.83. The summed E-state index contributed by atoms with van der Waals surface area (Å²) in [5.41, 5.74) is 0. The Morgan fingerprint density at radius 2 is 2.19 bits per heavy atom. The summed E-state index contributed by atoms with van der Waals surface area (Å²) in [5, 5.41) is 2.00. The Labute approximate surface area is 110 Å². The Balaban J connectivity index is 2.73. The molecule has 1 heterocycles. The van der Waals surface area contributed by atoms with Gasteiger partial charge in [-0.15, -0.1) is 11.8 Å². The summed E-state index contributed by atoms with van der Waals surface area (Å²) in [6.45, 7) is 4.26. The SMILES string of the molecule is CCCCN(CCBr)c1cc(SC)ncn1. The highest BCUT2D eigenvalue weighted by Crippen LogP contribution is 2.17. The number of aromatic nitrogens is 2. The molecule has 0 bridgehead atoms. The number of thioether (sulfide) groups is 1. The summed E-state index contributed by atoms with van der Waals surface area (Å²) in [7, 11) is 0. The normalized spacial score (nSPS) is 10.4. The van der Waals surface area contributed by atoms with Gasteiger partial charge in [0.2, 0.25) is 0 Å². The highest BCUT2D eigenvalue weighted by atomic mass is 79.9. The first kappa shape index (κ1) is 13.8. The zero-order valence-corrected chi connectivity index (χ0v) is 12.2. The third-order valence-corrected chi connectivity index (χ3v) is 3.29. The summed E-state index contributed by atoms with van der Waals surface area (Å²) in [4.78, 5) is 10.8. The minimum absolute atomic E-state index is 0.968. The predicted octanol–water partition coefficient (Wildman–Crippen LogP) is 3.20. The van der Waals surface area contributed by atoms with Crippen LogP contribution in [-0.4, -0.2) is 34.6 Å². The summed E-state index contributed by atoms with van der Waals surface area (Å²) >= 11 is 5.14. The maximum atomic E-state index is 4.34. The zero-order valence-electron chi connectivity index (χ0n) is 9.82. The van der Waals surface area contributed by atoms with E-state index >= 15 is 0 Å². The van der Waals surface area contributed by atoms with Gasteiger partial charge in [-0.05, 0) is 12.7 Å². The third-order valence-electron chi connectivity index (χ3n) is 2.30. The summed E-state index contributed by atoms with van der Waals surface area (Å²) < 4.78 is 0. The van der Waals surface area contributed by atoms with Crippen LogP contribution in [0.3, 0.4) is 0 Å². The number of rotatable bonds is 7. The van der Waals surface area contributed by atoms with Gasteiger partial charge in [0.1, 0.15) is 17.2 Å². The van der Waals surface area contributed by atoms with Crippen LogP contribution in [0.2, 0.25) is 0 Å². The van der Waals surface area contributed by atoms with Crippen LogP contribution in [-0.2, 0) is 0 Å². The van der Waals surface area contributed by atoms with Gasteiger partial charge in [-0.3, -0.25) is 0 Å². The van der Waals surface area contributed by atoms with E-state index in [1.165, 1.54) is 12.8 Å². The molecule has 1 rings (SSSR count). The smallest absolute Gasteiger partial charge is 0.133 e. The molecular formula is C11H18BrN3S. The van der Waals surface area contributed by atoms with Gasteiger partial charge < -0.3 is 4.90 Å². The van der Waals surface area contributed by atoms with Crippen LogP contribution in [0.15, 0.2) is 17.4 Å². The van der Waals surface area contributed by atoms with Crippen molar-refractivity contribution in [3.63, 3.8) is 0 Å². The van der Waals surface area contributed by atoms with Gasteiger partial charge in [0, 0.05) is 24.5 Å². The van der Waals surface area contributed by atoms with Crippen molar-refractivity contribution in [3.05, 3.63) is 12.4 Å². The second kappa shape index (κ2) is 7.90. The molecule has 0 atom stereocenters. The van der Waals surface area contributed by atoms with E-state index in [1.807, 2.05) is 6.26 Å². The molecule has 5 heteroatoms. The van der Waals surface area contributed by atoms with E-state index in [2.05, 4.69) is 43.8 Å². The minimum Gasteiger partial charge on any atom is -0.356 e. The lowest BCUT2D eigenvalue weighted by Gasteiger charge is -2.22. The molecular weight excluding hydrogens is 286 g/mol. The fourth-order valence-corrected chi connectivity index (χ4v) is 2.21. The van der Waals surface area contributed by atoms with Gasteiger partial charge in [-0.25, -0.2) is 9.97 Å². The van der Waals surface area contributed by atoms with Crippen molar-refractivity contribution >= 4 is 33.5 Å². The van der Waals surface area contributed by atoms with Gasteiger partial charge in [-0.1, -0.05) is 29.3 Å². The molecule has 0 saturated carbocycles. The number of nitrogens with zero attached hydrogens (tertiary/aromatic N) is 3. The topological polar surface area (TPSA) is 29.0 Å². The Morgan fingerprint density at radius 1 is 1.38 bits per heavy atom. The van der Waals surface area contributed by atoms with Crippen molar-refractivity contribution in [2.45, 2.75) is 24.8 Å². The van der Waals surface area contributed by atoms with Crippen LogP contribution in [0.1, 0.15) is 19.8 Å². The maximum absolute atomic E-state index is 4.34. The van der Waals surface area contributed by atoms with E-state index in [0.29, 0.717) is 0 Å². The first-order valence-electron chi connectivity index (χ1n) is 5.48. The Morgan fingerprint density at radius 3 is 2.81 bits per heavy atom. The quantitative estimate of drug-likeness (QED) is 0.439. The van der Waals surface area contributed by atoms with Crippen LogP contribution >= 0.6 is 27.7 Å². The van der Waals surface area contributed by atoms with Crippen molar-refractivity contribution in [2.24, 2.45) is 0 Å². The second-order valence-corrected chi connectivity index (χ2v) is 5.07. The highest BCUT2D eigenvalue weighted by molar-refractivity contribution is 9.09. The molecule has 0 spiro atoms. The summed E-state index contributed by atoms with van der Waals surface area (Å²) in [6, 6.07) is 2.06. The molecule has 1 aromatic heterocycles. The molecule has 0 N–H and O–H groups in total. The molecule has 0 aliphatic rings. The molecule has 0 aromatic carbocycles. The second-order valence-electron chi connectivity index (χ2n) is 3.45. The third kappa shape index (κ3) is 4.29. The average Bonchev–Trinajstić information content (AvgIpc) is 2.34. The highest BCUT2D eigenvalue weighted by Gasteiger charge is 2.07. The molecule has 0 unspecified atom stereocenters. The number of halogens is 1. The fraction of sp³-hybridized carbons (Fsp3) is 0.636. The van der Waals surface area contributed by atoms with E-state index in [9.17, 15) is 0 Å². The van der Waals surface area contributed by atoms with Gasteiger partial charge in [0.15, 0.2) is 0 Å². The van der Waals surface area contributed by atoms with Crippen LogP contribution < -0.4 is 4.90 Å². The number of hydrogen-bond donors (Lipinski definition) is 0. The van der Waals surface area contributed by atoms with Crippen molar-refractivity contribution in [2.75, 3.05) is 29.6 Å². The Hall–Kier alpha value is -0.290. The minimum atomic E-state index is 0.968. The van der Waals surface area contributed by atoms with Crippen LogP contribution in [0.4, 0.5) is 5.82 Å². The lowest BCUT2D eigenvalue weighted by atomic mass is 10.3. The first-order chi connectivity index (χ1) is 7.81. The summed E-state index contributed by atoms with van der Waals surface area (Å²) in [5.74, 6) is 1.03.